The molecule has 2 aromatic heterocycles. The van der Waals surface area contributed by atoms with E-state index in [4.69, 9.17) is 15.0 Å². The average Bonchev–Trinajstić information content (AvgIpc) is 3.44. The van der Waals surface area contributed by atoms with E-state index in [0.717, 1.165) is 22.4 Å². The molecular weight excluding hydrogens is 573 g/mol. The zero-order valence-electron chi connectivity index (χ0n) is 27.1. The van der Waals surface area contributed by atoms with Gasteiger partial charge >= 0.3 is 0 Å². The van der Waals surface area contributed by atoms with Crippen molar-refractivity contribution in [3.63, 3.8) is 0 Å². The Kier molecular flexibility index (Phi) is 7.14. The van der Waals surface area contributed by atoms with Gasteiger partial charge in [-0.3, -0.25) is 4.57 Å². The van der Waals surface area contributed by atoms with Crippen LogP contribution in [0.5, 0.6) is 0 Å². The first-order chi connectivity index (χ1) is 23.0. The lowest BCUT2D eigenvalue weighted by Crippen LogP contribution is -2.19. The molecule has 0 aliphatic heterocycles. The molecule has 0 amide bonds. The predicted molar refractivity (Wildman–Crippen MR) is 194 cm³/mol. The number of fused-ring (bicyclic) bond motifs is 3. The summed E-state index contributed by atoms with van der Waals surface area (Å²) in [6.07, 6.45) is 6.62. The molecule has 0 fully saturated rings. The standard InChI is InChI=1S/C43H36N4/c1-27-15-8-10-20-32(27)38-29(3)17-14-23-35(38)42-44-41(31-18-6-5-7-19-31)45-43(46-42)47-36-24-13-12-22-34(36)40-37(47)26-25-30(4)39(40)33-21-11-9-16-28(33)2/h5-26,35,38H,1-4H3. The van der Waals surface area contributed by atoms with Gasteiger partial charge in [0.25, 0.3) is 0 Å². The molecule has 4 nitrogen and oxygen atoms in total. The minimum absolute atomic E-state index is 0.0526. The van der Waals surface area contributed by atoms with Crippen LogP contribution < -0.4 is 0 Å². The van der Waals surface area contributed by atoms with E-state index >= 15 is 0 Å². The van der Waals surface area contributed by atoms with Gasteiger partial charge in [-0.25, -0.2) is 4.98 Å². The van der Waals surface area contributed by atoms with Gasteiger partial charge in [-0.15, -0.1) is 0 Å². The molecule has 1 aliphatic carbocycles. The minimum Gasteiger partial charge on any atom is -0.278 e. The minimum atomic E-state index is -0.0526. The van der Waals surface area contributed by atoms with Crippen LogP contribution in [0.1, 0.15) is 46.8 Å². The largest absolute Gasteiger partial charge is 0.278 e. The van der Waals surface area contributed by atoms with Gasteiger partial charge in [-0.2, -0.15) is 9.97 Å². The molecule has 4 heteroatoms. The van der Waals surface area contributed by atoms with Gasteiger partial charge < -0.3 is 0 Å². The van der Waals surface area contributed by atoms with E-state index in [1.807, 2.05) is 18.2 Å². The van der Waals surface area contributed by atoms with Crippen LogP contribution in [0.2, 0.25) is 0 Å². The van der Waals surface area contributed by atoms with Gasteiger partial charge in [0.15, 0.2) is 5.82 Å². The lowest BCUT2D eigenvalue weighted by molar-refractivity contribution is 0.642. The summed E-state index contributed by atoms with van der Waals surface area (Å²) in [5, 5.41) is 2.40. The van der Waals surface area contributed by atoms with E-state index in [1.54, 1.807) is 0 Å². The Morgan fingerprint density at radius 1 is 0.596 bits per heavy atom. The Bertz CT molecular complexity index is 2360. The normalized spacial score (nSPS) is 16.1. The third-order valence-corrected chi connectivity index (χ3v) is 9.68. The first kappa shape index (κ1) is 28.8. The quantitative estimate of drug-likeness (QED) is 0.195. The molecule has 0 spiro atoms. The van der Waals surface area contributed by atoms with E-state index in [2.05, 4.69) is 148 Å². The Hall–Kier alpha value is -5.61. The monoisotopic (exact) mass is 608 g/mol. The molecule has 47 heavy (non-hydrogen) atoms. The SMILES string of the molecule is CC1=CC=CC(c2nc(-c3ccccc3)nc(-n3c4ccccc4c4c(-c5ccccc5C)c(C)ccc43)n2)C1c1ccccc1C. The summed E-state index contributed by atoms with van der Waals surface area (Å²) in [5.41, 5.74) is 12.0. The number of aryl methyl sites for hydroxylation is 3. The summed E-state index contributed by atoms with van der Waals surface area (Å²) in [5.74, 6) is 2.13. The molecule has 2 unspecified atom stereocenters. The van der Waals surface area contributed by atoms with Gasteiger partial charge in [-0.05, 0) is 73.2 Å². The maximum atomic E-state index is 5.37. The van der Waals surface area contributed by atoms with Gasteiger partial charge in [-0.1, -0.05) is 127 Å². The summed E-state index contributed by atoms with van der Waals surface area (Å²) < 4.78 is 2.24. The maximum Gasteiger partial charge on any atom is 0.238 e. The summed E-state index contributed by atoms with van der Waals surface area (Å²) in [6, 6.07) is 40.7. The van der Waals surface area contributed by atoms with Crippen molar-refractivity contribution < 1.29 is 0 Å². The molecule has 0 N–H and O–H groups in total. The van der Waals surface area contributed by atoms with E-state index < -0.39 is 0 Å². The Balaban J connectivity index is 1.43. The van der Waals surface area contributed by atoms with Crippen molar-refractivity contribution in [2.75, 3.05) is 0 Å². The highest BCUT2D eigenvalue weighted by atomic mass is 15.2. The lowest BCUT2D eigenvalue weighted by Gasteiger charge is -2.29. The second kappa shape index (κ2) is 11.6. The van der Waals surface area contributed by atoms with Crippen LogP contribution in [0, 0.1) is 20.8 Å². The first-order valence-electron chi connectivity index (χ1n) is 16.3. The molecule has 2 atom stereocenters. The van der Waals surface area contributed by atoms with Crippen LogP contribution in [0.15, 0.2) is 139 Å². The number of rotatable bonds is 5. The molecule has 8 rings (SSSR count). The number of benzene rings is 5. The second-order valence-electron chi connectivity index (χ2n) is 12.7. The maximum absolute atomic E-state index is 5.37. The molecule has 0 radical (unpaired) electrons. The van der Waals surface area contributed by atoms with Crippen LogP contribution in [-0.4, -0.2) is 19.5 Å². The molecule has 0 bridgehead atoms. The van der Waals surface area contributed by atoms with Crippen molar-refractivity contribution in [1.82, 2.24) is 19.5 Å². The van der Waals surface area contributed by atoms with Crippen LogP contribution in [0.4, 0.5) is 0 Å². The molecule has 0 saturated carbocycles. The van der Waals surface area contributed by atoms with E-state index in [-0.39, 0.29) is 11.8 Å². The Labute approximate surface area is 275 Å². The molecule has 5 aromatic carbocycles. The van der Waals surface area contributed by atoms with Crippen LogP contribution in [0.3, 0.4) is 0 Å². The number of hydrogen-bond acceptors (Lipinski definition) is 3. The highest BCUT2D eigenvalue weighted by molar-refractivity contribution is 6.16. The number of allylic oxidation sites excluding steroid dienone is 4. The average molecular weight is 609 g/mol. The fraction of sp³-hybridized carbons (Fsp3) is 0.140. The molecular formula is C43H36N4. The van der Waals surface area contributed by atoms with Crippen molar-refractivity contribution in [2.24, 2.45) is 0 Å². The Morgan fingerprint density at radius 2 is 1.32 bits per heavy atom. The summed E-state index contributed by atoms with van der Waals surface area (Å²) in [4.78, 5) is 15.8. The summed E-state index contributed by atoms with van der Waals surface area (Å²) in [6.45, 7) is 8.81. The predicted octanol–water partition coefficient (Wildman–Crippen LogP) is 10.6. The zero-order valence-corrected chi connectivity index (χ0v) is 27.1. The zero-order chi connectivity index (χ0) is 32.1. The van der Waals surface area contributed by atoms with Crippen molar-refractivity contribution in [3.05, 3.63) is 167 Å². The summed E-state index contributed by atoms with van der Waals surface area (Å²) >= 11 is 0. The van der Waals surface area contributed by atoms with Crippen LogP contribution in [-0.2, 0) is 0 Å². The smallest absolute Gasteiger partial charge is 0.238 e. The highest BCUT2D eigenvalue weighted by Gasteiger charge is 2.31. The van der Waals surface area contributed by atoms with E-state index in [1.165, 1.54) is 49.7 Å². The molecule has 1 aliphatic rings. The molecule has 2 heterocycles. The first-order valence-corrected chi connectivity index (χ1v) is 16.3. The number of nitrogens with zero attached hydrogens (tertiary/aromatic N) is 4. The summed E-state index contributed by atoms with van der Waals surface area (Å²) in [7, 11) is 0. The highest BCUT2D eigenvalue weighted by Crippen LogP contribution is 2.44. The topological polar surface area (TPSA) is 43.6 Å². The number of para-hydroxylation sites is 1. The van der Waals surface area contributed by atoms with E-state index in [0.29, 0.717) is 11.8 Å². The third kappa shape index (κ3) is 4.88. The lowest BCUT2D eigenvalue weighted by atomic mass is 9.76. The van der Waals surface area contributed by atoms with Crippen LogP contribution in [0.25, 0.3) is 50.3 Å². The van der Waals surface area contributed by atoms with Crippen molar-refractivity contribution in [1.29, 1.82) is 0 Å². The van der Waals surface area contributed by atoms with Crippen LogP contribution >= 0.6 is 0 Å². The van der Waals surface area contributed by atoms with Crippen molar-refractivity contribution in [2.45, 2.75) is 39.5 Å². The fourth-order valence-corrected chi connectivity index (χ4v) is 7.36. The molecule has 7 aromatic rings. The van der Waals surface area contributed by atoms with Gasteiger partial charge in [0.2, 0.25) is 5.95 Å². The Morgan fingerprint density at radius 3 is 2.13 bits per heavy atom. The second-order valence-corrected chi connectivity index (χ2v) is 12.7. The van der Waals surface area contributed by atoms with Crippen molar-refractivity contribution in [3.8, 4) is 28.5 Å². The van der Waals surface area contributed by atoms with Gasteiger partial charge in [0.1, 0.15) is 5.82 Å². The fourth-order valence-electron chi connectivity index (χ4n) is 7.36. The molecule has 0 saturated heterocycles. The molecule has 228 valence electrons. The number of hydrogen-bond donors (Lipinski definition) is 0. The van der Waals surface area contributed by atoms with Gasteiger partial charge in [0, 0.05) is 28.2 Å². The van der Waals surface area contributed by atoms with E-state index in [9.17, 15) is 0 Å². The van der Waals surface area contributed by atoms with Crippen molar-refractivity contribution >= 4 is 21.8 Å². The third-order valence-electron chi connectivity index (χ3n) is 9.68. The number of aromatic nitrogens is 4. The van der Waals surface area contributed by atoms with Gasteiger partial charge in [0.05, 0.1) is 11.0 Å².